The van der Waals surface area contributed by atoms with Gasteiger partial charge in [0.2, 0.25) is 11.8 Å². The van der Waals surface area contributed by atoms with Gasteiger partial charge in [0.25, 0.3) is 0 Å². The highest BCUT2D eigenvalue weighted by molar-refractivity contribution is 8.03. The molecule has 0 spiro atoms. The van der Waals surface area contributed by atoms with E-state index in [1.54, 1.807) is 31.2 Å². The number of hydrogen-bond acceptors (Lipinski definition) is 6. The van der Waals surface area contributed by atoms with Crippen molar-refractivity contribution in [2.75, 3.05) is 11.1 Å². The number of hydrogen-bond donors (Lipinski definition) is 3. The van der Waals surface area contributed by atoms with Crippen molar-refractivity contribution in [1.29, 1.82) is 5.26 Å². The molecule has 2 heterocycles. The summed E-state index contributed by atoms with van der Waals surface area (Å²) in [7, 11) is 0. The first-order valence-electron chi connectivity index (χ1n) is 8.96. The topological polar surface area (TPSA) is 121 Å². The molecule has 4 N–H and O–H groups in total. The zero-order valence-corrected chi connectivity index (χ0v) is 17.9. The number of nitrogens with one attached hydrogen (secondary N) is 2. The van der Waals surface area contributed by atoms with Crippen molar-refractivity contribution >= 4 is 40.9 Å². The first kappa shape index (κ1) is 21.6. The number of halogens is 1. The molecule has 9 heteroatoms. The van der Waals surface area contributed by atoms with Crippen LogP contribution in [0, 0.1) is 18.3 Å². The Balaban J connectivity index is 1.81. The minimum Gasteiger partial charge on any atom is -0.468 e. The number of benzene rings is 1. The van der Waals surface area contributed by atoms with E-state index in [9.17, 15) is 14.9 Å². The normalized spacial score (nSPS) is 16.1. The second-order valence-corrected chi connectivity index (χ2v) is 8.02. The summed E-state index contributed by atoms with van der Waals surface area (Å²) < 4.78 is 5.45. The molecule has 154 valence electrons. The molecule has 2 aromatic rings. The van der Waals surface area contributed by atoms with E-state index in [2.05, 4.69) is 16.7 Å². The van der Waals surface area contributed by atoms with Crippen molar-refractivity contribution in [3.05, 3.63) is 74.8 Å². The van der Waals surface area contributed by atoms with E-state index >= 15 is 0 Å². The summed E-state index contributed by atoms with van der Waals surface area (Å²) in [5.41, 5.74) is 8.08. The fourth-order valence-electron chi connectivity index (χ4n) is 3.10. The number of thioether (sulfide) groups is 1. The van der Waals surface area contributed by atoms with Gasteiger partial charge in [0.05, 0.1) is 40.2 Å². The number of anilines is 1. The molecule has 0 aliphatic carbocycles. The molecule has 7 nitrogen and oxygen atoms in total. The molecule has 0 saturated heterocycles. The third-order valence-electron chi connectivity index (χ3n) is 4.54. The quantitative estimate of drug-likeness (QED) is 0.625. The van der Waals surface area contributed by atoms with E-state index in [0.29, 0.717) is 27.2 Å². The van der Waals surface area contributed by atoms with Gasteiger partial charge in [0.15, 0.2) is 0 Å². The van der Waals surface area contributed by atoms with Crippen LogP contribution in [0.15, 0.2) is 62.9 Å². The van der Waals surface area contributed by atoms with Crippen molar-refractivity contribution in [3.63, 3.8) is 0 Å². The van der Waals surface area contributed by atoms with Crippen LogP contribution in [0.5, 0.6) is 0 Å². The van der Waals surface area contributed by atoms with Gasteiger partial charge in [-0.3, -0.25) is 9.59 Å². The monoisotopic (exact) mass is 442 g/mol. The number of primary amides is 1. The first-order chi connectivity index (χ1) is 14.3. The Kier molecular flexibility index (Phi) is 6.55. The molecule has 1 aromatic heterocycles. The molecule has 0 fully saturated rings. The Morgan fingerprint density at radius 1 is 1.37 bits per heavy atom. The summed E-state index contributed by atoms with van der Waals surface area (Å²) >= 11 is 7.25. The number of amides is 2. The Morgan fingerprint density at radius 2 is 2.13 bits per heavy atom. The summed E-state index contributed by atoms with van der Waals surface area (Å²) in [6.45, 7) is 3.57. The van der Waals surface area contributed by atoms with Crippen LogP contribution in [-0.2, 0) is 9.59 Å². The average molecular weight is 443 g/mol. The van der Waals surface area contributed by atoms with Crippen molar-refractivity contribution in [2.45, 2.75) is 19.8 Å². The number of furan rings is 1. The van der Waals surface area contributed by atoms with Gasteiger partial charge >= 0.3 is 0 Å². The van der Waals surface area contributed by atoms with E-state index < -0.39 is 11.8 Å². The molecule has 3 rings (SSSR count). The number of nitrogens with two attached hydrogens (primary N) is 1. The lowest BCUT2D eigenvalue weighted by atomic mass is 9.86. The predicted octanol–water partition coefficient (Wildman–Crippen LogP) is 3.79. The van der Waals surface area contributed by atoms with Crippen molar-refractivity contribution in [1.82, 2.24) is 5.32 Å². The highest BCUT2D eigenvalue weighted by Gasteiger charge is 2.35. The molecule has 0 radical (unpaired) electrons. The van der Waals surface area contributed by atoms with Crippen LogP contribution >= 0.6 is 23.4 Å². The van der Waals surface area contributed by atoms with Crippen LogP contribution in [-0.4, -0.2) is 17.6 Å². The Hall–Kier alpha value is -3.15. The first-order valence-corrected chi connectivity index (χ1v) is 10.3. The van der Waals surface area contributed by atoms with Crippen LogP contribution in [0.1, 0.15) is 24.2 Å². The zero-order valence-electron chi connectivity index (χ0n) is 16.3. The molecule has 0 bridgehead atoms. The summed E-state index contributed by atoms with van der Waals surface area (Å²) in [4.78, 5) is 24.4. The van der Waals surface area contributed by atoms with Crippen molar-refractivity contribution < 1.29 is 14.0 Å². The second-order valence-electron chi connectivity index (χ2n) is 6.63. The number of rotatable bonds is 6. The van der Waals surface area contributed by atoms with Gasteiger partial charge in [0, 0.05) is 16.4 Å². The molecule has 1 aliphatic rings. The number of nitriles is 1. The fourth-order valence-corrected chi connectivity index (χ4v) is 4.17. The van der Waals surface area contributed by atoms with Crippen LogP contribution in [0.4, 0.5) is 5.69 Å². The van der Waals surface area contributed by atoms with E-state index in [-0.39, 0.29) is 22.8 Å². The molecule has 30 heavy (non-hydrogen) atoms. The maximum Gasteiger partial charge on any atom is 0.247 e. The molecular weight excluding hydrogens is 424 g/mol. The number of carbonyl (C=O) groups is 2. The largest absolute Gasteiger partial charge is 0.468 e. The van der Waals surface area contributed by atoms with Gasteiger partial charge in [-0.25, -0.2) is 0 Å². The average Bonchev–Trinajstić information content (AvgIpc) is 3.22. The van der Waals surface area contributed by atoms with Gasteiger partial charge in [-0.05, 0) is 43.7 Å². The van der Waals surface area contributed by atoms with E-state index in [1.165, 1.54) is 6.26 Å². The van der Waals surface area contributed by atoms with Gasteiger partial charge in [-0.2, -0.15) is 5.26 Å². The van der Waals surface area contributed by atoms with Crippen LogP contribution < -0.4 is 16.4 Å². The van der Waals surface area contributed by atoms with Crippen LogP contribution in [0.2, 0.25) is 5.02 Å². The SMILES string of the molecule is CC1=C(C(N)=O)C(c2ccco2)C(C#N)=C(SCC(=O)Nc2ccc(C)c(Cl)c2)N1. The van der Waals surface area contributed by atoms with Crippen LogP contribution in [0.3, 0.4) is 0 Å². The number of nitrogens with zero attached hydrogens (tertiary/aromatic N) is 1. The molecule has 1 aliphatic heterocycles. The highest BCUT2D eigenvalue weighted by Crippen LogP contribution is 2.40. The minimum absolute atomic E-state index is 0.0447. The Morgan fingerprint density at radius 3 is 2.73 bits per heavy atom. The fraction of sp³-hybridized carbons (Fsp3) is 0.190. The number of allylic oxidation sites excluding steroid dienone is 2. The third-order valence-corrected chi connectivity index (χ3v) is 5.97. The molecule has 1 aromatic carbocycles. The predicted molar refractivity (Wildman–Crippen MR) is 116 cm³/mol. The van der Waals surface area contributed by atoms with Crippen molar-refractivity contribution in [3.8, 4) is 6.07 Å². The van der Waals surface area contributed by atoms with Gasteiger partial charge in [-0.15, -0.1) is 0 Å². The van der Waals surface area contributed by atoms with Crippen molar-refractivity contribution in [2.24, 2.45) is 5.73 Å². The third kappa shape index (κ3) is 4.53. The molecule has 1 atom stereocenters. The Labute approximate surface area is 182 Å². The molecule has 2 amide bonds. The van der Waals surface area contributed by atoms with E-state index in [0.717, 1.165) is 17.3 Å². The summed E-state index contributed by atoms with van der Waals surface area (Å²) in [5, 5.41) is 16.6. The second kappa shape index (κ2) is 9.11. The van der Waals surface area contributed by atoms with Crippen LogP contribution in [0.25, 0.3) is 0 Å². The lowest BCUT2D eigenvalue weighted by molar-refractivity contribution is -0.115. The van der Waals surface area contributed by atoms with E-state index in [1.807, 2.05) is 13.0 Å². The summed E-state index contributed by atoms with van der Waals surface area (Å²) in [6.07, 6.45) is 1.47. The maximum atomic E-state index is 12.4. The molecule has 1 unspecified atom stereocenters. The van der Waals surface area contributed by atoms with Gasteiger partial charge < -0.3 is 20.8 Å². The number of carbonyl (C=O) groups excluding carboxylic acids is 2. The van der Waals surface area contributed by atoms with E-state index in [4.69, 9.17) is 21.8 Å². The zero-order chi connectivity index (χ0) is 21.8. The Bertz CT molecular complexity index is 1100. The van der Waals surface area contributed by atoms with Gasteiger partial charge in [-0.1, -0.05) is 29.4 Å². The standard InChI is InChI=1S/C21H19ClN4O3S/c1-11-5-6-13(8-15(11)22)26-17(27)10-30-21-14(9-23)19(16-4-3-7-29-16)18(20(24)28)12(2)25-21/h3-8,19,25H,10H2,1-2H3,(H2,24,28)(H,26,27). The lowest BCUT2D eigenvalue weighted by Crippen LogP contribution is -2.31. The minimum atomic E-state index is -0.731. The summed E-state index contributed by atoms with van der Waals surface area (Å²) in [6, 6.07) is 10.7. The maximum absolute atomic E-state index is 12.4. The number of dihydropyridines is 1. The van der Waals surface area contributed by atoms with Gasteiger partial charge in [0.1, 0.15) is 5.76 Å². The highest BCUT2D eigenvalue weighted by atomic mass is 35.5. The number of aryl methyl sites for hydroxylation is 1. The summed E-state index contributed by atoms with van der Waals surface area (Å²) in [5.74, 6) is -1.16. The molecule has 0 saturated carbocycles. The lowest BCUT2D eigenvalue weighted by Gasteiger charge is -2.27. The smallest absolute Gasteiger partial charge is 0.247 e. The molecular formula is C21H19ClN4O3S.